The van der Waals surface area contributed by atoms with E-state index in [1.165, 1.54) is 42.7 Å². The van der Waals surface area contributed by atoms with Crippen molar-refractivity contribution < 1.29 is 14.4 Å². The molecule has 1 saturated carbocycles. The molecule has 0 radical (unpaired) electrons. The van der Waals surface area contributed by atoms with Gasteiger partial charge in [0.15, 0.2) is 12.5 Å². The van der Waals surface area contributed by atoms with E-state index < -0.39 is 0 Å². The summed E-state index contributed by atoms with van der Waals surface area (Å²) >= 11 is 0. The van der Waals surface area contributed by atoms with Gasteiger partial charge in [0.05, 0.1) is 12.2 Å². The molecule has 21 heavy (non-hydrogen) atoms. The maximum atomic E-state index is 12.3. The smallest absolute Gasteiger partial charge is 0.166 e. The normalized spacial score (nSPS) is 28.0. The maximum absolute atomic E-state index is 12.3. The molecule has 2 aliphatic carbocycles. The van der Waals surface area contributed by atoms with E-state index in [9.17, 15) is 4.79 Å². The van der Waals surface area contributed by atoms with Crippen molar-refractivity contribution in [2.24, 2.45) is 0 Å². The molecule has 1 fully saturated rings. The number of allylic oxidation sites excluding steroid dienone is 1. The fraction of sp³-hybridized carbons (Fsp3) is 0.824. The van der Waals surface area contributed by atoms with Crippen molar-refractivity contribution in [1.82, 2.24) is 4.90 Å². The lowest BCUT2D eigenvalue weighted by Gasteiger charge is -2.44. The highest BCUT2D eigenvalue weighted by Gasteiger charge is 2.36. The average molecular weight is 293 g/mol. The van der Waals surface area contributed by atoms with E-state index in [1.54, 1.807) is 7.11 Å². The number of carbonyl (C=O) groups excluding carboxylic acids is 1. The van der Waals surface area contributed by atoms with Crippen LogP contribution in [0, 0.1) is 0 Å². The number of ketones is 1. The maximum Gasteiger partial charge on any atom is 0.166 e. The summed E-state index contributed by atoms with van der Waals surface area (Å²) in [5.74, 6) is 0.409. The van der Waals surface area contributed by atoms with Crippen LogP contribution >= 0.6 is 0 Å². The Labute approximate surface area is 128 Å². The van der Waals surface area contributed by atoms with E-state index in [-0.39, 0.29) is 0 Å². The van der Waals surface area contributed by atoms with Crippen LogP contribution in [0.25, 0.3) is 0 Å². The van der Waals surface area contributed by atoms with Crippen molar-refractivity contribution in [3.63, 3.8) is 0 Å². The Balaban J connectivity index is 1.80. The van der Waals surface area contributed by atoms with Crippen LogP contribution in [0.15, 0.2) is 11.3 Å². The minimum Gasteiger partial charge on any atom is -0.379 e. The molecule has 1 unspecified atom stereocenters. The fourth-order valence-electron chi connectivity index (χ4n) is 4.19. The Morgan fingerprint density at radius 1 is 1.19 bits per heavy atom. The van der Waals surface area contributed by atoms with Crippen LogP contribution in [0.4, 0.5) is 0 Å². The van der Waals surface area contributed by atoms with Gasteiger partial charge in [-0.05, 0) is 25.7 Å². The van der Waals surface area contributed by atoms with Crippen LogP contribution in [0.3, 0.4) is 0 Å². The molecule has 4 nitrogen and oxygen atoms in total. The highest BCUT2D eigenvalue weighted by Crippen LogP contribution is 2.31. The first-order valence-electron chi connectivity index (χ1n) is 8.64. The molecule has 1 heterocycles. The monoisotopic (exact) mass is 293 g/mol. The van der Waals surface area contributed by atoms with Crippen molar-refractivity contribution in [3.05, 3.63) is 11.3 Å². The molecule has 0 aromatic rings. The molecule has 4 heteroatoms. The number of nitrogens with one attached hydrogen (secondary N) is 1. The summed E-state index contributed by atoms with van der Waals surface area (Å²) < 4.78 is 5.25. The molecule has 1 aliphatic heterocycles. The lowest BCUT2D eigenvalue weighted by atomic mass is 9.88. The zero-order valence-corrected chi connectivity index (χ0v) is 13.3. The van der Waals surface area contributed by atoms with Gasteiger partial charge in [0.25, 0.3) is 0 Å². The molecule has 3 aliphatic rings. The van der Waals surface area contributed by atoms with Gasteiger partial charge in [0.1, 0.15) is 13.1 Å². The van der Waals surface area contributed by atoms with Gasteiger partial charge in [-0.1, -0.05) is 19.3 Å². The summed E-state index contributed by atoms with van der Waals surface area (Å²) in [6.07, 6.45) is 9.63. The number of hydrogen-bond acceptors (Lipinski definition) is 3. The minimum atomic E-state index is 0.409. The molecule has 0 saturated heterocycles. The van der Waals surface area contributed by atoms with E-state index in [0.717, 1.165) is 51.2 Å². The molecular weight excluding hydrogens is 264 g/mol. The second-order valence-electron chi connectivity index (χ2n) is 6.79. The summed E-state index contributed by atoms with van der Waals surface area (Å²) in [6, 6.07) is 0.674. The lowest BCUT2D eigenvalue weighted by molar-refractivity contribution is -0.908. The molecule has 1 N–H and O–H groups in total. The average Bonchev–Trinajstić information content (AvgIpc) is 2.54. The van der Waals surface area contributed by atoms with Crippen molar-refractivity contribution in [3.8, 4) is 0 Å². The number of rotatable bonds is 4. The number of Topliss-reactive ketones (excluding diaryl/α,β-unsaturated/α-hetero) is 1. The molecule has 0 spiro atoms. The molecule has 3 rings (SSSR count). The molecule has 0 amide bonds. The van der Waals surface area contributed by atoms with Crippen molar-refractivity contribution in [2.75, 3.05) is 33.5 Å². The van der Waals surface area contributed by atoms with Crippen molar-refractivity contribution >= 4 is 5.78 Å². The summed E-state index contributed by atoms with van der Waals surface area (Å²) in [5.41, 5.74) is 2.54. The van der Waals surface area contributed by atoms with Gasteiger partial charge < -0.3 is 14.5 Å². The lowest BCUT2D eigenvalue weighted by Crippen LogP contribution is -3.15. The number of methoxy groups -OCH3 is 1. The molecule has 0 aromatic carbocycles. The highest BCUT2D eigenvalue weighted by atomic mass is 16.5. The van der Waals surface area contributed by atoms with Gasteiger partial charge in [-0.3, -0.25) is 4.79 Å². The number of quaternary nitrogens is 1. The Kier molecular flexibility index (Phi) is 4.96. The predicted molar refractivity (Wildman–Crippen MR) is 82.0 cm³/mol. The van der Waals surface area contributed by atoms with Crippen LogP contribution < -0.4 is 4.90 Å². The standard InChI is InChI=1S/C17H28N2O2/c1-21-11-10-18-12-15-16(8-5-9-17(15)20)19(13-18)14-6-3-2-4-7-14/h14H,2-13H2,1H3/p+1. The van der Waals surface area contributed by atoms with Gasteiger partial charge in [0.2, 0.25) is 0 Å². The van der Waals surface area contributed by atoms with Gasteiger partial charge in [-0.15, -0.1) is 0 Å². The topological polar surface area (TPSA) is 34.0 Å². The van der Waals surface area contributed by atoms with Gasteiger partial charge in [0, 0.05) is 25.3 Å². The van der Waals surface area contributed by atoms with Crippen molar-refractivity contribution in [2.45, 2.75) is 57.4 Å². The fourth-order valence-corrected chi connectivity index (χ4v) is 4.19. The summed E-state index contributed by atoms with van der Waals surface area (Å²) in [5, 5.41) is 0. The van der Waals surface area contributed by atoms with Crippen molar-refractivity contribution in [1.29, 1.82) is 0 Å². The third-order valence-corrected chi connectivity index (χ3v) is 5.34. The van der Waals surface area contributed by atoms with E-state index in [4.69, 9.17) is 4.74 Å². The summed E-state index contributed by atoms with van der Waals surface area (Å²) in [7, 11) is 1.76. The van der Waals surface area contributed by atoms with Crippen LogP contribution in [0.5, 0.6) is 0 Å². The first kappa shape index (κ1) is 15.0. The molecular formula is C17H29N2O2+. The van der Waals surface area contributed by atoms with E-state index in [0.29, 0.717) is 11.8 Å². The molecule has 1 atom stereocenters. The zero-order valence-electron chi connectivity index (χ0n) is 13.3. The number of hydrogen-bond donors (Lipinski definition) is 1. The number of nitrogens with zero attached hydrogens (tertiary/aromatic N) is 1. The van der Waals surface area contributed by atoms with Crippen LogP contribution in [0.1, 0.15) is 51.4 Å². The van der Waals surface area contributed by atoms with Gasteiger partial charge >= 0.3 is 0 Å². The Morgan fingerprint density at radius 3 is 2.76 bits per heavy atom. The summed E-state index contributed by atoms with van der Waals surface area (Å²) in [6.45, 7) is 3.77. The van der Waals surface area contributed by atoms with E-state index in [2.05, 4.69) is 4.90 Å². The Hall–Kier alpha value is -0.870. The molecule has 118 valence electrons. The highest BCUT2D eigenvalue weighted by molar-refractivity contribution is 5.97. The second-order valence-corrected chi connectivity index (χ2v) is 6.79. The van der Waals surface area contributed by atoms with Gasteiger partial charge in [-0.2, -0.15) is 0 Å². The van der Waals surface area contributed by atoms with Crippen LogP contribution in [-0.4, -0.2) is 50.2 Å². The minimum absolute atomic E-state index is 0.409. The first-order valence-corrected chi connectivity index (χ1v) is 8.64. The van der Waals surface area contributed by atoms with E-state index >= 15 is 0 Å². The largest absolute Gasteiger partial charge is 0.379 e. The van der Waals surface area contributed by atoms with Gasteiger partial charge in [-0.25, -0.2) is 0 Å². The number of ether oxygens (including phenoxy) is 1. The Morgan fingerprint density at radius 2 is 2.00 bits per heavy atom. The van der Waals surface area contributed by atoms with Crippen LogP contribution in [0.2, 0.25) is 0 Å². The third kappa shape index (κ3) is 3.32. The third-order valence-electron chi connectivity index (χ3n) is 5.34. The predicted octanol–water partition coefficient (Wildman–Crippen LogP) is 1.13. The SMILES string of the molecule is COCC[NH+]1CC2=C(CCCC2=O)N(C2CCCCC2)C1. The quantitative estimate of drug-likeness (QED) is 0.844. The molecule has 0 bridgehead atoms. The Bertz CT molecular complexity index is 413. The zero-order chi connectivity index (χ0) is 14.7. The summed E-state index contributed by atoms with van der Waals surface area (Å²) in [4.78, 5) is 16.5. The molecule has 0 aromatic heterocycles. The van der Waals surface area contributed by atoms with E-state index in [1.807, 2.05) is 0 Å². The second kappa shape index (κ2) is 6.93. The number of carbonyl (C=O) groups is 1. The van der Waals surface area contributed by atoms with Crippen LogP contribution in [-0.2, 0) is 9.53 Å². The first-order chi connectivity index (χ1) is 10.3.